The first-order chi connectivity index (χ1) is 13.6. The number of nitrogens with zero attached hydrogens (tertiary/aromatic N) is 2. The zero-order valence-electron chi connectivity index (χ0n) is 15.0. The van der Waals surface area contributed by atoms with Crippen molar-refractivity contribution < 1.29 is 14.3 Å². The molecule has 3 aromatic rings. The van der Waals surface area contributed by atoms with E-state index in [0.717, 1.165) is 11.3 Å². The first kappa shape index (κ1) is 18.1. The minimum absolute atomic E-state index is 0.191. The molecule has 2 heterocycles. The lowest BCUT2D eigenvalue weighted by atomic mass is 10.1. The summed E-state index contributed by atoms with van der Waals surface area (Å²) >= 11 is 6.55. The Hall–Kier alpha value is -3.25. The number of amides is 2. The molecule has 0 saturated heterocycles. The summed E-state index contributed by atoms with van der Waals surface area (Å²) in [6, 6.07) is 18.4. The van der Waals surface area contributed by atoms with Gasteiger partial charge in [-0.25, -0.2) is 4.79 Å². The van der Waals surface area contributed by atoms with Crippen LogP contribution in [0, 0.1) is 0 Å². The molecule has 142 valence electrons. The van der Waals surface area contributed by atoms with Gasteiger partial charge in [0.1, 0.15) is 5.75 Å². The van der Waals surface area contributed by atoms with Gasteiger partial charge in [-0.15, -0.1) is 0 Å². The zero-order valence-corrected chi connectivity index (χ0v) is 15.7. The molecular weight excluding hydrogens is 378 g/mol. The fourth-order valence-corrected chi connectivity index (χ4v) is 3.88. The summed E-state index contributed by atoms with van der Waals surface area (Å²) in [6.45, 7) is 1.11. The lowest BCUT2D eigenvalue weighted by Gasteiger charge is -2.29. The van der Waals surface area contributed by atoms with Gasteiger partial charge in [0, 0.05) is 13.1 Å². The molecule has 2 N–H and O–H groups in total. The molecule has 28 heavy (non-hydrogen) atoms. The average molecular weight is 396 g/mol. The third-order valence-corrected chi connectivity index (χ3v) is 5.11. The van der Waals surface area contributed by atoms with Gasteiger partial charge in [0.15, 0.2) is 0 Å². The molecule has 0 atom stereocenters. The molecule has 0 spiro atoms. The summed E-state index contributed by atoms with van der Waals surface area (Å²) < 4.78 is 7.38. The molecule has 7 heteroatoms. The van der Waals surface area contributed by atoms with Crippen molar-refractivity contribution in [1.29, 1.82) is 0 Å². The predicted octanol–water partition coefficient (Wildman–Crippen LogP) is 3.92. The molecule has 0 bridgehead atoms. The summed E-state index contributed by atoms with van der Waals surface area (Å²) in [4.78, 5) is 26.2. The van der Waals surface area contributed by atoms with E-state index in [1.54, 1.807) is 29.2 Å². The van der Waals surface area contributed by atoms with Crippen molar-refractivity contribution >= 4 is 23.6 Å². The van der Waals surface area contributed by atoms with Crippen LogP contribution in [0.5, 0.6) is 5.75 Å². The number of carbonyl (C=O) groups excluding carboxylic acids is 2. The van der Waals surface area contributed by atoms with Crippen molar-refractivity contribution in [3.8, 4) is 17.0 Å². The van der Waals surface area contributed by atoms with Crippen LogP contribution in [0.25, 0.3) is 11.3 Å². The van der Waals surface area contributed by atoms with Gasteiger partial charge in [0.05, 0.1) is 28.5 Å². The molecule has 2 amide bonds. The molecule has 0 saturated carbocycles. The third kappa shape index (κ3) is 3.23. The predicted molar refractivity (Wildman–Crippen MR) is 106 cm³/mol. The van der Waals surface area contributed by atoms with Gasteiger partial charge in [0.25, 0.3) is 5.91 Å². The van der Waals surface area contributed by atoms with Crippen LogP contribution < -0.4 is 10.5 Å². The number of fused-ring (bicyclic) bond motifs is 1. The number of rotatable bonds is 3. The number of carbonyl (C=O) groups is 2. The molecule has 0 aliphatic carbocycles. The van der Waals surface area contributed by atoms with Crippen molar-refractivity contribution in [3.63, 3.8) is 0 Å². The van der Waals surface area contributed by atoms with E-state index in [4.69, 9.17) is 22.1 Å². The molecule has 1 aliphatic heterocycles. The molecule has 0 fully saturated rings. The van der Waals surface area contributed by atoms with Gasteiger partial charge < -0.3 is 19.9 Å². The average Bonchev–Trinajstić information content (AvgIpc) is 3.00. The maximum atomic E-state index is 12.6. The van der Waals surface area contributed by atoms with Gasteiger partial charge in [-0.2, -0.15) is 0 Å². The van der Waals surface area contributed by atoms with E-state index in [0.29, 0.717) is 29.6 Å². The van der Waals surface area contributed by atoms with Crippen LogP contribution in [0.1, 0.15) is 16.1 Å². The summed E-state index contributed by atoms with van der Waals surface area (Å²) in [5, 5.41) is 0.312. The smallest absolute Gasteiger partial charge is 0.410 e. The van der Waals surface area contributed by atoms with Crippen molar-refractivity contribution in [2.45, 2.75) is 13.1 Å². The van der Waals surface area contributed by atoms with Crippen LogP contribution in [0.3, 0.4) is 0 Å². The van der Waals surface area contributed by atoms with Gasteiger partial charge >= 0.3 is 6.09 Å². The Kier molecular flexibility index (Phi) is 4.79. The summed E-state index contributed by atoms with van der Waals surface area (Å²) in [7, 11) is 0. The van der Waals surface area contributed by atoms with Crippen molar-refractivity contribution in [3.05, 3.63) is 76.9 Å². The molecule has 1 aromatic heterocycles. The SMILES string of the molecule is NC(=O)c1c(Cl)c(-c2ccccc2)n2c1CN(C(=O)Oc1ccccc1)CC2. The monoisotopic (exact) mass is 395 g/mol. The van der Waals surface area contributed by atoms with E-state index in [1.165, 1.54) is 0 Å². The van der Waals surface area contributed by atoms with E-state index < -0.39 is 12.0 Å². The maximum Gasteiger partial charge on any atom is 0.415 e. The first-order valence-corrected chi connectivity index (χ1v) is 9.22. The van der Waals surface area contributed by atoms with Crippen molar-refractivity contribution in [2.24, 2.45) is 5.73 Å². The van der Waals surface area contributed by atoms with E-state index in [9.17, 15) is 9.59 Å². The molecule has 4 rings (SSSR count). The Morgan fingerprint density at radius 1 is 0.964 bits per heavy atom. The summed E-state index contributed by atoms with van der Waals surface area (Å²) in [5.41, 5.74) is 8.10. The highest BCUT2D eigenvalue weighted by atomic mass is 35.5. The standard InChI is InChI=1S/C21H18ClN3O3/c22-18-17(20(23)26)16-13-24(21(27)28-15-9-5-2-6-10-15)11-12-25(16)19(18)14-7-3-1-4-8-14/h1-10H,11-13H2,(H2,23,26). The second kappa shape index (κ2) is 7.40. The fourth-order valence-electron chi connectivity index (χ4n) is 3.46. The highest BCUT2D eigenvalue weighted by molar-refractivity contribution is 6.36. The number of hydrogen-bond acceptors (Lipinski definition) is 3. The minimum atomic E-state index is -0.616. The van der Waals surface area contributed by atoms with E-state index in [2.05, 4.69) is 0 Å². The maximum absolute atomic E-state index is 12.6. The Morgan fingerprint density at radius 2 is 1.61 bits per heavy atom. The fraction of sp³-hybridized carbons (Fsp3) is 0.143. The van der Waals surface area contributed by atoms with E-state index in [-0.39, 0.29) is 12.1 Å². The van der Waals surface area contributed by atoms with Crippen molar-refractivity contribution in [1.82, 2.24) is 9.47 Å². The van der Waals surface area contributed by atoms with E-state index in [1.807, 2.05) is 41.0 Å². The zero-order chi connectivity index (χ0) is 19.7. The van der Waals surface area contributed by atoms with Crippen LogP contribution in [0.15, 0.2) is 60.7 Å². The second-order valence-electron chi connectivity index (χ2n) is 6.47. The molecular formula is C21H18ClN3O3. The lowest BCUT2D eigenvalue weighted by molar-refractivity contribution is 0.0994. The molecule has 0 unspecified atom stereocenters. The minimum Gasteiger partial charge on any atom is -0.410 e. The number of primary amides is 1. The Morgan fingerprint density at radius 3 is 2.25 bits per heavy atom. The van der Waals surface area contributed by atoms with Crippen LogP contribution in [0.4, 0.5) is 4.79 Å². The Balaban J connectivity index is 1.68. The topological polar surface area (TPSA) is 77.6 Å². The van der Waals surface area contributed by atoms with Gasteiger partial charge in [-0.1, -0.05) is 60.1 Å². The Bertz CT molecular complexity index is 1030. The molecule has 6 nitrogen and oxygen atoms in total. The van der Waals surface area contributed by atoms with Crippen LogP contribution in [-0.2, 0) is 13.1 Å². The highest BCUT2D eigenvalue weighted by Gasteiger charge is 2.32. The molecule has 1 aliphatic rings. The normalized spacial score (nSPS) is 13.1. The summed E-state index contributed by atoms with van der Waals surface area (Å²) in [6.07, 6.45) is -0.480. The lowest BCUT2D eigenvalue weighted by Crippen LogP contribution is -2.40. The van der Waals surface area contributed by atoms with Gasteiger partial charge in [0.2, 0.25) is 0 Å². The second-order valence-corrected chi connectivity index (χ2v) is 6.85. The van der Waals surface area contributed by atoms with E-state index >= 15 is 0 Å². The third-order valence-electron chi connectivity index (χ3n) is 4.75. The van der Waals surface area contributed by atoms with Gasteiger partial charge in [-0.3, -0.25) is 4.79 Å². The molecule has 0 radical (unpaired) electrons. The number of benzene rings is 2. The highest BCUT2D eigenvalue weighted by Crippen LogP contribution is 2.37. The molecule has 2 aromatic carbocycles. The van der Waals surface area contributed by atoms with Gasteiger partial charge in [-0.05, 0) is 17.7 Å². The van der Waals surface area contributed by atoms with Crippen LogP contribution in [-0.4, -0.2) is 28.0 Å². The number of ether oxygens (including phenoxy) is 1. The van der Waals surface area contributed by atoms with Crippen molar-refractivity contribution in [2.75, 3.05) is 6.54 Å². The first-order valence-electron chi connectivity index (χ1n) is 8.84. The number of hydrogen-bond donors (Lipinski definition) is 1. The number of halogens is 1. The Labute approximate surface area is 167 Å². The number of aromatic nitrogens is 1. The quantitative estimate of drug-likeness (QED) is 0.730. The number of nitrogens with two attached hydrogens (primary N) is 1. The van der Waals surface area contributed by atoms with Crippen LogP contribution >= 0.6 is 11.6 Å². The largest absolute Gasteiger partial charge is 0.415 e. The number of para-hydroxylation sites is 1. The van der Waals surface area contributed by atoms with Crippen LogP contribution in [0.2, 0.25) is 5.02 Å². The summed E-state index contributed by atoms with van der Waals surface area (Å²) in [5.74, 6) is -0.152.